The fourth-order valence-corrected chi connectivity index (χ4v) is 2.04. The molecule has 1 aromatic rings. The maximum atomic E-state index is 13.3. The van der Waals surface area contributed by atoms with E-state index in [4.69, 9.17) is 4.43 Å². The second-order valence-electron chi connectivity index (χ2n) is 4.82. The summed E-state index contributed by atoms with van der Waals surface area (Å²) >= 11 is 0. The molecule has 0 spiro atoms. The van der Waals surface area contributed by atoms with Gasteiger partial charge < -0.3 is 4.43 Å². The van der Waals surface area contributed by atoms with Gasteiger partial charge in [0.05, 0.1) is 0 Å². The SMILES string of the molecule is C=C(N=Cc1cccc(F)c1C)O[Si](C)(C)C. The van der Waals surface area contributed by atoms with E-state index in [9.17, 15) is 4.39 Å². The monoisotopic (exact) mass is 251 g/mol. The van der Waals surface area contributed by atoms with Gasteiger partial charge in [0.25, 0.3) is 0 Å². The lowest BCUT2D eigenvalue weighted by molar-refractivity contribution is 0.421. The highest BCUT2D eigenvalue weighted by Gasteiger charge is 2.16. The third-order valence-electron chi connectivity index (χ3n) is 2.08. The molecule has 1 rings (SSSR count). The van der Waals surface area contributed by atoms with Crippen molar-refractivity contribution >= 4 is 14.5 Å². The number of hydrogen-bond donors (Lipinski definition) is 0. The largest absolute Gasteiger partial charge is 0.532 e. The highest BCUT2D eigenvalue weighted by Crippen LogP contribution is 2.12. The van der Waals surface area contributed by atoms with Crippen molar-refractivity contribution in [2.75, 3.05) is 0 Å². The zero-order valence-corrected chi connectivity index (χ0v) is 11.7. The van der Waals surface area contributed by atoms with Crippen molar-refractivity contribution in [3.05, 3.63) is 47.6 Å². The number of benzene rings is 1. The summed E-state index contributed by atoms with van der Waals surface area (Å²) in [6.07, 6.45) is 1.58. The summed E-state index contributed by atoms with van der Waals surface area (Å²) in [4.78, 5) is 4.11. The van der Waals surface area contributed by atoms with Crippen LogP contribution in [0, 0.1) is 12.7 Å². The van der Waals surface area contributed by atoms with Crippen LogP contribution in [0.25, 0.3) is 0 Å². The van der Waals surface area contributed by atoms with Crippen molar-refractivity contribution in [3.63, 3.8) is 0 Å². The first kappa shape index (κ1) is 13.6. The summed E-state index contributed by atoms with van der Waals surface area (Å²) in [6.45, 7) is 11.6. The lowest BCUT2D eigenvalue weighted by Gasteiger charge is -2.18. The molecule has 17 heavy (non-hydrogen) atoms. The van der Waals surface area contributed by atoms with Gasteiger partial charge >= 0.3 is 0 Å². The maximum absolute atomic E-state index is 13.3. The smallest absolute Gasteiger partial charge is 0.244 e. The third kappa shape index (κ3) is 4.52. The molecule has 0 saturated heterocycles. The minimum Gasteiger partial charge on any atom is -0.532 e. The molecule has 4 heteroatoms. The first-order valence-electron chi connectivity index (χ1n) is 5.47. The normalized spacial score (nSPS) is 11.8. The van der Waals surface area contributed by atoms with Gasteiger partial charge in [-0.2, -0.15) is 0 Å². The number of aliphatic imine (C=N–C) groups is 1. The molecule has 0 aromatic heterocycles. The molecule has 0 fully saturated rings. The summed E-state index contributed by atoms with van der Waals surface area (Å²) in [6, 6.07) is 4.90. The second-order valence-corrected chi connectivity index (χ2v) is 9.25. The molecule has 0 saturated carbocycles. The molecular weight excluding hydrogens is 233 g/mol. The quantitative estimate of drug-likeness (QED) is 0.452. The Kier molecular flexibility index (Phi) is 4.23. The highest BCUT2D eigenvalue weighted by molar-refractivity contribution is 6.70. The maximum Gasteiger partial charge on any atom is 0.244 e. The number of nitrogens with zero attached hydrogens (tertiary/aromatic N) is 1. The van der Waals surface area contributed by atoms with Crippen LogP contribution >= 0.6 is 0 Å². The standard InChI is InChI=1S/C13H18FNOSi/c1-10-12(7-6-8-13(10)14)9-15-11(2)16-17(3,4)5/h6-9H,2H2,1,3-5H3. The fourth-order valence-electron chi connectivity index (χ4n) is 1.29. The Bertz CT molecular complexity index is 449. The Labute approximate surface area is 103 Å². The molecule has 0 unspecified atom stereocenters. The van der Waals surface area contributed by atoms with Crippen LogP contribution in [0.1, 0.15) is 11.1 Å². The zero-order valence-electron chi connectivity index (χ0n) is 10.7. The van der Waals surface area contributed by atoms with Gasteiger partial charge in [-0.15, -0.1) is 0 Å². The first-order chi connectivity index (χ1) is 7.79. The summed E-state index contributed by atoms with van der Waals surface area (Å²) < 4.78 is 18.8. The van der Waals surface area contributed by atoms with E-state index in [2.05, 4.69) is 31.2 Å². The van der Waals surface area contributed by atoms with Gasteiger partial charge in [0.2, 0.25) is 8.32 Å². The van der Waals surface area contributed by atoms with Gasteiger partial charge in [-0.1, -0.05) is 12.1 Å². The van der Waals surface area contributed by atoms with Crippen LogP contribution < -0.4 is 0 Å². The molecule has 0 heterocycles. The molecule has 0 N–H and O–H groups in total. The number of hydrogen-bond acceptors (Lipinski definition) is 2. The van der Waals surface area contributed by atoms with Crippen molar-refractivity contribution in [2.45, 2.75) is 26.6 Å². The molecule has 2 nitrogen and oxygen atoms in total. The molecule has 0 amide bonds. The van der Waals surface area contributed by atoms with Crippen LogP contribution in [0.15, 0.2) is 35.7 Å². The first-order valence-corrected chi connectivity index (χ1v) is 8.87. The summed E-state index contributed by atoms with van der Waals surface area (Å²) in [5.74, 6) is 0.151. The molecule has 0 bridgehead atoms. The predicted molar refractivity (Wildman–Crippen MR) is 72.3 cm³/mol. The summed E-state index contributed by atoms with van der Waals surface area (Å²) in [7, 11) is -1.67. The van der Waals surface area contributed by atoms with Crippen LogP contribution in [0.3, 0.4) is 0 Å². The molecule has 1 aromatic carbocycles. The van der Waals surface area contributed by atoms with Crippen molar-refractivity contribution in [1.29, 1.82) is 0 Å². The average molecular weight is 251 g/mol. The van der Waals surface area contributed by atoms with Crippen molar-refractivity contribution in [1.82, 2.24) is 0 Å². The average Bonchev–Trinajstić information content (AvgIpc) is 2.18. The lowest BCUT2D eigenvalue weighted by Crippen LogP contribution is -2.24. The molecular formula is C13H18FNOSi. The van der Waals surface area contributed by atoms with Gasteiger partial charge in [0.1, 0.15) is 5.82 Å². The Morgan fingerprint density at radius 2 is 2.06 bits per heavy atom. The fraction of sp³-hybridized carbons (Fsp3) is 0.308. The number of halogens is 1. The van der Waals surface area contributed by atoms with E-state index in [-0.39, 0.29) is 5.82 Å². The van der Waals surface area contributed by atoms with Crippen LogP contribution in [0.5, 0.6) is 0 Å². The molecule has 0 aliphatic carbocycles. The van der Waals surface area contributed by atoms with Gasteiger partial charge in [-0.25, -0.2) is 9.38 Å². The van der Waals surface area contributed by atoms with E-state index in [0.717, 1.165) is 5.56 Å². The minimum atomic E-state index is -1.67. The molecule has 0 atom stereocenters. The summed E-state index contributed by atoms with van der Waals surface area (Å²) in [5.41, 5.74) is 1.32. The van der Waals surface area contributed by atoms with Crippen LogP contribution in [-0.4, -0.2) is 14.5 Å². The molecule has 92 valence electrons. The number of rotatable bonds is 4. The summed E-state index contributed by atoms with van der Waals surface area (Å²) in [5, 5.41) is 0. The highest BCUT2D eigenvalue weighted by atomic mass is 28.4. The van der Waals surface area contributed by atoms with Gasteiger partial charge in [0.15, 0.2) is 5.88 Å². The Balaban J connectivity index is 2.78. The van der Waals surface area contributed by atoms with E-state index in [1.807, 2.05) is 6.07 Å². The van der Waals surface area contributed by atoms with E-state index >= 15 is 0 Å². The predicted octanol–water partition coefficient (Wildman–Crippen LogP) is 3.88. The van der Waals surface area contributed by atoms with Crippen LogP contribution in [0.4, 0.5) is 4.39 Å². The minimum absolute atomic E-state index is 0.231. The van der Waals surface area contributed by atoms with E-state index in [1.54, 1.807) is 19.2 Å². The second kappa shape index (κ2) is 5.27. The van der Waals surface area contributed by atoms with Crippen molar-refractivity contribution < 1.29 is 8.82 Å². The van der Waals surface area contributed by atoms with Crippen LogP contribution in [0.2, 0.25) is 19.6 Å². The Morgan fingerprint density at radius 1 is 1.41 bits per heavy atom. The Hall–Kier alpha value is -1.42. The van der Waals surface area contributed by atoms with E-state index in [0.29, 0.717) is 11.4 Å². The Morgan fingerprint density at radius 3 is 2.65 bits per heavy atom. The van der Waals surface area contributed by atoms with Gasteiger partial charge in [-0.05, 0) is 50.3 Å². The molecule has 0 aliphatic rings. The molecule has 0 radical (unpaired) electrons. The topological polar surface area (TPSA) is 21.6 Å². The van der Waals surface area contributed by atoms with Crippen molar-refractivity contribution in [2.24, 2.45) is 4.99 Å². The third-order valence-corrected chi connectivity index (χ3v) is 2.93. The molecule has 0 aliphatic heterocycles. The van der Waals surface area contributed by atoms with E-state index < -0.39 is 8.32 Å². The zero-order chi connectivity index (χ0) is 13.1. The van der Waals surface area contributed by atoms with Gasteiger partial charge in [0, 0.05) is 6.21 Å². The van der Waals surface area contributed by atoms with E-state index in [1.165, 1.54) is 6.07 Å². The lowest BCUT2D eigenvalue weighted by atomic mass is 10.1. The van der Waals surface area contributed by atoms with Gasteiger partial charge in [-0.3, -0.25) is 0 Å². The van der Waals surface area contributed by atoms with Crippen molar-refractivity contribution in [3.8, 4) is 0 Å². The van der Waals surface area contributed by atoms with Crippen LogP contribution in [-0.2, 0) is 4.43 Å².